The summed E-state index contributed by atoms with van der Waals surface area (Å²) in [5.41, 5.74) is 0.531. The summed E-state index contributed by atoms with van der Waals surface area (Å²) in [5, 5.41) is 14.2. The van der Waals surface area contributed by atoms with Crippen LogP contribution in [0, 0.1) is 5.41 Å². The van der Waals surface area contributed by atoms with Crippen LogP contribution in [0.2, 0.25) is 0 Å². The van der Waals surface area contributed by atoms with E-state index in [0.29, 0.717) is 5.41 Å². The number of nitrogens with zero attached hydrogens (tertiary/aromatic N) is 3. The molecule has 212 valence electrons. The van der Waals surface area contributed by atoms with Crippen molar-refractivity contribution in [3.05, 3.63) is 0 Å². The van der Waals surface area contributed by atoms with Crippen molar-refractivity contribution in [3.63, 3.8) is 0 Å². The first kappa shape index (κ1) is 32.8. The van der Waals surface area contributed by atoms with E-state index < -0.39 is 24.3 Å². The number of hydrogen-bond donors (Lipinski definition) is 2. The van der Waals surface area contributed by atoms with Crippen LogP contribution in [0.4, 0.5) is 26.3 Å². The van der Waals surface area contributed by atoms with Gasteiger partial charge >= 0.3 is 24.3 Å². The predicted molar refractivity (Wildman–Crippen MR) is 125 cm³/mol. The molecule has 14 heteroatoms. The molecule has 0 aromatic heterocycles. The van der Waals surface area contributed by atoms with E-state index in [2.05, 4.69) is 40.3 Å². The first-order valence-corrected chi connectivity index (χ1v) is 13.1. The first-order valence-electron chi connectivity index (χ1n) is 11.9. The second-order valence-electron chi connectivity index (χ2n) is 9.54. The summed E-state index contributed by atoms with van der Waals surface area (Å²) in [6.45, 7) is 15.4. The number of piperidine rings is 2. The average molecular weight is 554 g/mol. The van der Waals surface area contributed by atoms with Crippen LogP contribution < -0.4 is 0 Å². The third-order valence-electron chi connectivity index (χ3n) is 6.52. The van der Waals surface area contributed by atoms with Crippen LogP contribution in [0.25, 0.3) is 0 Å². The molecule has 0 saturated carbocycles. The second-order valence-corrected chi connectivity index (χ2v) is 10.8. The lowest BCUT2D eigenvalue weighted by molar-refractivity contribution is -0.193. The number of alkyl halides is 6. The minimum absolute atomic E-state index is 0.531. The standard InChI is InChI=1S/C18H35N3S.2C2HF3O2/c1-3-19-8-4-7-18(2,15-19)16-20-9-5-17(6-10-20)21-11-13-22-14-12-21;2*3-2(4,5)1(6)7/h17H,3-16H2,1-2H3;2*(H,6,7). The topological polar surface area (TPSA) is 84.3 Å². The molecule has 36 heavy (non-hydrogen) atoms. The quantitative estimate of drug-likeness (QED) is 0.508. The van der Waals surface area contributed by atoms with Gasteiger partial charge in [0.1, 0.15) is 0 Å². The van der Waals surface area contributed by atoms with Crippen LogP contribution >= 0.6 is 11.8 Å². The number of hydrogen-bond acceptors (Lipinski definition) is 6. The predicted octanol–water partition coefficient (Wildman–Crippen LogP) is 3.89. The molecule has 0 aromatic rings. The summed E-state index contributed by atoms with van der Waals surface area (Å²) >= 11 is 2.13. The van der Waals surface area contributed by atoms with Crippen LogP contribution in [0.3, 0.4) is 0 Å². The SMILES string of the molecule is CCN1CCCC(C)(CN2CCC(N3CCSCC3)CC2)C1.O=C(O)C(F)(F)F.O=C(O)C(F)(F)F. The number of carboxylic acids is 2. The van der Waals surface area contributed by atoms with Gasteiger partial charge in [-0.05, 0) is 57.3 Å². The number of rotatable bonds is 4. The molecule has 3 saturated heterocycles. The second kappa shape index (κ2) is 14.6. The average Bonchev–Trinajstić information content (AvgIpc) is 2.79. The molecule has 0 amide bonds. The maximum Gasteiger partial charge on any atom is 0.490 e. The fourth-order valence-corrected chi connectivity index (χ4v) is 5.68. The van der Waals surface area contributed by atoms with Crippen molar-refractivity contribution < 1.29 is 46.1 Å². The highest BCUT2D eigenvalue weighted by Gasteiger charge is 2.39. The van der Waals surface area contributed by atoms with E-state index in [1.54, 1.807) is 0 Å². The van der Waals surface area contributed by atoms with E-state index in [1.165, 1.54) is 89.5 Å². The van der Waals surface area contributed by atoms with E-state index in [-0.39, 0.29) is 0 Å². The molecule has 3 aliphatic rings. The maximum absolute atomic E-state index is 10.6. The molecule has 3 fully saturated rings. The summed E-state index contributed by atoms with van der Waals surface area (Å²) in [5.74, 6) is -2.81. The normalized spacial score (nSPS) is 25.2. The number of halogens is 6. The Morgan fingerprint density at radius 3 is 1.78 bits per heavy atom. The van der Waals surface area contributed by atoms with E-state index in [1.807, 2.05) is 0 Å². The van der Waals surface area contributed by atoms with Gasteiger partial charge in [-0.1, -0.05) is 13.8 Å². The molecule has 1 unspecified atom stereocenters. The van der Waals surface area contributed by atoms with E-state index >= 15 is 0 Å². The molecule has 2 N–H and O–H groups in total. The lowest BCUT2D eigenvalue weighted by Gasteiger charge is -2.46. The highest BCUT2D eigenvalue weighted by molar-refractivity contribution is 7.99. The number of aliphatic carboxylic acids is 2. The Hall–Kier alpha value is -1.25. The molecular weight excluding hydrogens is 516 g/mol. The smallest absolute Gasteiger partial charge is 0.475 e. The zero-order valence-electron chi connectivity index (χ0n) is 20.7. The Bertz CT molecular complexity index is 660. The van der Waals surface area contributed by atoms with Crippen molar-refractivity contribution in [1.29, 1.82) is 0 Å². The van der Waals surface area contributed by atoms with Crippen LogP contribution in [-0.4, -0.2) is 119 Å². The van der Waals surface area contributed by atoms with E-state index in [9.17, 15) is 26.3 Å². The molecule has 3 rings (SSSR count). The van der Waals surface area contributed by atoms with Gasteiger partial charge in [0, 0.05) is 43.7 Å². The van der Waals surface area contributed by atoms with Gasteiger partial charge in [0.25, 0.3) is 0 Å². The van der Waals surface area contributed by atoms with Crippen LogP contribution in [0.1, 0.15) is 39.5 Å². The van der Waals surface area contributed by atoms with Crippen molar-refractivity contribution in [2.45, 2.75) is 57.9 Å². The Morgan fingerprint density at radius 2 is 1.36 bits per heavy atom. The van der Waals surface area contributed by atoms with Crippen LogP contribution in [0.5, 0.6) is 0 Å². The highest BCUT2D eigenvalue weighted by atomic mass is 32.2. The van der Waals surface area contributed by atoms with E-state index in [4.69, 9.17) is 19.8 Å². The number of carboxylic acid groups (broad SMARTS) is 2. The Morgan fingerprint density at radius 1 is 0.889 bits per heavy atom. The highest BCUT2D eigenvalue weighted by Crippen LogP contribution is 2.32. The largest absolute Gasteiger partial charge is 0.490 e. The maximum atomic E-state index is 10.6. The summed E-state index contributed by atoms with van der Waals surface area (Å²) < 4.78 is 63.5. The van der Waals surface area contributed by atoms with Gasteiger partial charge in [-0.25, -0.2) is 9.59 Å². The van der Waals surface area contributed by atoms with Crippen molar-refractivity contribution in [2.75, 3.05) is 63.9 Å². The monoisotopic (exact) mass is 553 g/mol. The minimum atomic E-state index is -5.08. The molecular formula is C22H37F6N3O4S. The lowest BCUT2D eigenvalue weighted by atomic mass is 9.81. The molecule has 0 bridgehead atoms. The number of thioether (sulfide) groups is 1. The van der Waals surface area contributed by atoms with Crippen LogP contribution in [0.15, 0.2) is 0 Å². The Balaban J connectivity index is 0.000000383. The first-order chi connectivity index (χ1) is 16.6. The van der Waals surface area contributed by atoms with Gasteiger partial charge in [0.2, 0.25) is 0 Å². The lowest BCUT2D eigenvalue weighted by Crippen LogP contribution is -2.52. The summed E-state index contributed by atoms with van der Waals surface area (Å²) in [7, 11) is 0. The van der Waals surface area contributed by atoms with Crippen LogP contribution in [-0.2, 0) is 9.59 Å². The number of likely N-dealkylation sites (tertiary alicyclic amines) is 2. The Labute approximate surface area is 212 Å². The minimum Gasteiger partial charge on any atom is -0.475 e. The molecule has 0 radical (unpaired) electrons. The zero-order chi connectivity index (χ0) is 27.6. The number of carbonyl (C=O) groups is 2. The molecule has 0 aromatic carbocycles. The van der Waals surface area contributed by atoms with Crippen molar-refractivity contribution in [2.24, 2.45) is 5.41 Å². The van der Waals surface area contributed by atoms with E-state index in [0.717, 1.165) is 6.04 Å². The fraction of sp³-hybridized carbons (Fsp3) is 0.909. The summed E-state index contributed by atoms with van der Waals surface area (Å²) in [6.07, 6.45) is -4.55. The van der Waals surface area contributed by atoms with Gasteiger partial charge in [-0.15, -0.1) is 0 Å². The van der Waals surface area contributed by atoms with Gasteiger partial charge < -0.3 is 20.0 Å². The van der Waals surface area contributed by atoms with Crippen molar-refractivity contribution in [1.82, 2.24) is 14.7 Å². The third-order valence-corrected chi connectivity index (χ3v) is 7.46. The molecule has 1 atom stereocenters. The van der Waals surface area contributed by atoms with Gasteiger partial charge in [-0.3, -0.25) is 4.90 Å². The van der Waals surface area contributed by atoms with Gasteiger partial charge in [0.05, 0.1) is 0 Å². The van der Waals surface area contributed by atoms with Crippen molar-refractivity contribution in [3.8, 4) is 0 Å². The van der Waals surface area contributed by atoms with Gasteiger partial charge in [0.15, 0.2) is 0 Å². The molecule has 3 aliphatic heterocycles. The third kappa shape index (κ3) is 12.3. The molecule has 0 aliphatic carbocycles. The Kier molecular flexibility index (Phi) is 13.3. The fourth-order valence-electron chi connectivity index (χ4n) is 4.75. The molecule has 7 nitrogen and oxygen atoms in total. The summed E-state index contributed by atoms with van der Waals surface area (Å²) in [4.78, 5) is 26.0. The van der Waals surface area contributed by atoms with Gasteiger partial charge in [-0.2, -0.15) is 38.1 Å². The summed E-state index contributed by atoms with van der Waals surface area (Å²) in [6, 6.07) is 0.878. The zero-order valence-corrected chi connectivity index (χ0v) is 21.5. The molecule has 0 spiro atoms. The molecule has 3 heterocycles. The van der Waals surface area contributed by atoms with Crippen molar-refractivity contribution >= 4 is 23.7 Å².